The highest BCUT2D eigenvalue weighted by atomic mass is 19.4. The molecule has 0 bridgehead atoms. The van der Waals surface area contributed by atoms with Crippen molar-refractivity contribution in [2.75, 3.05) is 0 Å². The SMILES string of the molecule is Cc1cccc(=O)n1CCC(=O)NC(c1cccnc1)C(F)(F)F. The molecule has 0 aliphatic rings. The summed E-state index contributed by atoms with van der Waals surface area (Å²) in [5.74, 6) is -0.795. The predicted molar refractivity (Wildman–Crippen MR) is 81.2 cm³/mol. The Bertz CT molecular complexity index is 757. The van der Waals surface area contributed by atoms with Crippen LogP contribution in [0.4, 0.5) is 13.2 Å². The Morgan fingerprint density at radius 2 is 2.04 bits per heavy atom. The molecule has 0 spiro atoms. The van der Waals surface area contributed by atoms with Crippen molar-refractivity contribution < 1.29 is 18.0 Å². The van der Waals surface area contributed by atoms with Crippen molar-refractivity contribution in [3.8, 4) is 0 Å². The van der Waals surface area contributed by atoms with Crippen LogP contribution in [0.3, 0.4) is 0 Å². The summed E-state index contributed by atoms with van der Waals surface area (Å²) in [6.45, 7) is 1.70. The molecule has 0 radical (unpaired) electrons. The van der Waals surface area contributed by atoms with Crippen LogP contribution in [0.15, 0.2) is 47.5 Å². The largest absolute Gasteiger partial charge is 0.412 e. The maximum absolute atomic E-state index is 13.2. The minimum Gasteiger partial charge on any atom is -0.341 e. The molecule has 8 heteroatoms. The van der Waals surface area contributed by atoms with Crippen molar-refractivity contribution in [1.82, 2.24) is 14.9 Å². The number of halogens is 3. The number of alkyl halides is 3. The first-order valence-electron chi connectivity index (χ1n) is 7.21. The summed E-state index contributed by atoms with van der Waals surface area (Å²) in [6, 6.07) is 5.08. The van der Waals surface area contributed by atoms with E-state index in [-0.39, 0.29) is 24.1 Å². The van der Waals surface area contributed by atoms with Crippen molar-refractivity contribution in [3.63, 3.8) is 0 Å². The molecule has 1 unspecified atom stereocenters. The third-order valence-corrected chi connectivity index (χ3v) is 3.48. The summed E-state index contributed by atoms with van der Waals surface area (Å²) in [5, 5.41) is 1.96. The van der Waals surface area contributed by atoms with Gasteiger partial charge in [0.1, 0.15) is 0 Å². The van der Waals surface area contributed by atoms with Gasteiger partial charge in [0.2, 0.25) is 5.91 Å². The van der Waals surface area contributed by atoms with E-state index < -0.39 is 18.1 Å². The molecular formula is C16H16F3N3O2. The lowest BCUT2D eigenvalue weighted by atomic mass is 10.1. The molecule has 0 fully saturated rings. The first-order valence-corrected chi connectivity index (χ1v) is 7.21. The van der Waals surface area contributed by atoms with Gasteiger partial charge in [0.15, 0.2) is 6.04 Å². The van der Waals surface area contributed by atoms with Crippen molar-refractivity contribution in [2.24, 2.45) is 0 Å². The zero-order valence-electron chi connectivity index (χ0n) is 12.9. The normalized spacial score (nSPS) is 12.7. The smallest absolute Gasteiger partial charge is 0.341 e. The molecule has 128 valence electrons. The Morgan fingerprint density at radius 3 is 2.62 bits per heavy atom. The highest BCUT2D eigenvalue weighted by Gasteiger charge is 2.41. The van der Waals surface area contributed by atoms with Crippen LogP contribution < -0.4 is 10.9 Å². The first kappa shape index (κ1) is 17.7. The van der Waals surface area contributed by atoms with E-state index in [1.165, 1.54) is 29.0 Å². The molecule has 0 aromatic carbocycles. The molecule has 0 saturated carbocycles. The minimum absolute atomic E-state index is 0.00889. The minimum atomic E-state index is -4.64. The van der Waals surface area contributed by atoms with Gasteiger partial charge in [-0.1, -0.05) is 12.1 Å². The van der Waals surface area contributed by atoms with Gasteiger partial charge in [0, 0.05) is 42.7 Å². The van der Waals surface area contributed by atoms with E-state index in [9.17, 15) is 22.8 Å². The lowest BCUT2D eigenvalue weighted by Crippen LogP contribution is -2.38. The molecule has 0 saturated heterocycles. The molecular weight excluding hydrogens is 323 g/mol. The summed E-state index contributed by atoms with van der Waals surface area (Å²) in [4.78, 5) is 27.3. The summed E-state index contributed by atoms with van der Waals surface area (Å²) in [7, 11) is 0. The van der Waals surface area contributed by atoms with Gasteiger partial charge in [-0.2, -0.15) is 13.2 Å². The number of carbonyl (C=O) groups excluding carboxylic acids is 1. The standard InChI is InChI=1S/C16H16F3N3O2/c1-11-4-2-6-14(24)22(11)9-7-13(23)21-15(16(17,18)19)12-5-3-8-20-10-12/h2-6,8,10,15H,7,9H2,1H3,(H,21,23). The summed E-state index contributed by atoms with van der Waals surface area (Å²) < 4.78 is 40.8. The van der Waals surface area contributed by atoms with Crippen LogP contribution in [-0.2, 0) is 11.3 Å². The number of aryl methyl sites for hydroxylation is 1. The molecule has 0 aliphatic carbocycles. The third-order valence-electron chi connectivity index (χ3n) is 3.48. The zero-order valence-corrected chi connectivity index (χ0v) is 12.9. The number of carbonyl (C=O) groups is 1. The summed E-state index contributed by atoms with van der Waals surface area (Å²) in [5.41, 5.74) is 0.184. The van der Waals surface area contributed by atoms with Gasteiger partial charge in [0.05, 0.1) is 0 Å². The second-order valence-electron chi connectivity index (χ2n) is 5.24. The van der Waals surface area contributed by atoms with Crippen molar-refractivity contribution in [1.29, 1.82) is 0 Å². The molecule has 0 aliphatic heterocycles. The van der Waals surface area contributed by atoms with Gasteiger partial charge in [-0.15, -0.1) is 0 Å². The van der Waals surface area contributed by atoms with Gasteiger partial charge in [-0.05, 0) is 19.1 Å². The fourth-order valence-electron chi connectivity index (χ4n) is 2.26. The lowest BCUT2D eigenvalue weighted by molar-refractivity contribution is -0.163. The Morgan fingerprint density at radius 1 is 1.29 bits per heavy atom. The average Bonchev–Trinajstić information content (AvgIpc) is 2.52. The van der Waals surface area contributed by atoms with E-state index in [4.69, 9.17) is 0 Å². The predicted octanol–water partition coefficient (Wildman–Crippen LogP) is 2.36. The van der Waals surface area contributed by atoms with Crippen molar-refractivity contribution >= 4 is 5.91 Å². The monoisotopic (exact) mass is 339 g/mol. The van der Waals surface area contributed by atoms with Gasteiger partial charge < -0.3 is 9.88 Å². The van der Waals surface area contributed by atoms with E-state index >= 15 is 0 Å². The Balaban J connectivity index is 2.08. The maximum atomic E-state index is 13.2. The fraction of sp³-hybridized carbons (Fsp3) is 0.312. The topological polar surface area (TPSA) is 64.0 Å². The average molecular weight is 339 g/mol. The molecule has 2 aromatic heterocycles. The van der Waals surface area contributed by atoms with Crippen LogP contribution in [0, 0.1) is 6.92 Å². The molecule has 1 amide bonds. The number of nitrogens with one attached hydrogen (secondary N) is 1. The third kappa shape index (κ3) is 4.43. The lowest BCUT2D eigenvalue weighted by Gasteiger charge is -2.22. The number of pyridine rings is 2. The molecule has 2 rings (SSSR count). The molecule has 5 nitrogen and oxygen atoms in total. The number of hydrogen-bond donors (Lipinski definition) is 1. The van der Waals surface area contributed by atoms with E-state index in [0.717, 1.165) is 6.20 Å². The molecule has 1 atom stereocenters. The highest BCUT2D eigenvalue weighted by molar-refractivity contribution is 5.76. The van der Waals surface area contributed by atoms with Crippen LogP contribution >= 0.6 is 0 Å². The quantitative estimate of drug-likeness (QED) is 0.910. The van der Waals surface area contributed by atoms with E-state index in [1.54, 1.807) is 19.1 Å². The van der Waals surface area contributed by atoms with Gasteiger partial charge in [0.25, 0.3) is 5.56 Å². The summed E-state index contributed by atoms with van der Waals surface area (Å²) in [6.07, 6.45) is -2.47. The van der Waals surface area contributed by atoms with Crippen LogP contribution in [0.1, 0.15) is 23.7 Å². The number of aromatic nitrogens is 2. The second-order valence-corrected chi connectivity index (χ2v) is 5.24. The molecule has 2 heterocycles. The van der Waals surface area contributed by atoms with Crippen molar-refractivity contribution in [3.05, 3.63) is 64.3 Å². The van der Waals surface area contributed by atoms with Crippen LogP contribution in [0.2, 0.25) is 0 Å². The van der Waals surface area contributed by atoms with E-state index in [2.05, 4.69) is 4.98 Å². The fourth-order valence-corrected chi connectivity index (χ4v) is 2.26. The van der Waals surface area contributed by atoms with Crippen LogP contribution in [0.5, 0.6) is 0 Å². The number of rotatable bonds is 5. The number of nitrogens with zero attached hydrogens (tertiary/aromatic N) is 2. The Hall–Kier alpha value is -2.64. The molecule has 24 heavy (non-hydrogen) atoms. The number of hydrogen-bond acceptors (Lipinski definition) is 3. The maximum Gasteiger partial charge on any atom is 0.412 e. The Labute approximate surface area is 136 Å². The van der Waals surface area contributed by atoms with Gasteiger partial charge in [-0.25, -0.2) is 0 Å². The highest BCUT2D eigenvalue weighted by Crippen LogP contribution is 2.32. The van der Waals surface area contributed by atoms with E-state index in [0.29, 0.717) is 5.69 Å². The van der Waals surface area contributed by atoms with E-state index in [1.807, 2.05) is 5.32 Å². The van der Waals surface area contributed by atoms with Crippen LogP contribution in [-0.4, -0.2) is 21.6 Å². The summed E-state index contributed by atoms with van der Waals surface area (Å²) >= 11 is 0. The van der Waals surface area contributed by atoms with Crippen molar-refractivity contribution in [2.45, 2.75) is 32.1 Å². The molecule has 1 N–H and O–H groups in total. The van der Waals surface area contributed by atoms with Crippen LogP contribution in [0.25, 0.3) is 0 Å². The van der Waals surface area contributed by atoms with Gasteiger partial charge >= 0.3 is 6.18 Å². The second kappa shape index (κ2) is 7.29. The first-order chi connectivity index (χ1) is 11.3. The number of amides is 1. The molecule has 2 aromatic rings. The Kier molecular flexibility index (Phi) is 5.38. The van der Waals surface area contributed by atoms with Gasteiger partial charge in [-0.3, -0.25) is 14.6 Å². The zero-order chi connectivity index (χ0) is 17.7.